The maximum atomic E-state index is 10.9. The smallest absolute Gasteiger partial charge is 0.146 e. The van der Waals surface area contributed by atoms with Gasteiger partial charge in [-0.2, -0.15) is 0 Å². The minimum Gasteiger partial charge on any atom is -0.487 e. The molecule has 1 aromatic heterocycles. The Morgan fingerprint density at radius 1 is 1.16 bits per heavy atom. The second-order valence-corrected chi connectivity index (χ2v) is 11.0. The number of hydrogen-bond donors (Lipinski definition) is 2. The molecule has 0 aliphatic carbocycles. The Labute approximate surface area is 276 Å². The first-order chi connectivity index (χ1) is 20.8. The van der Waals surface area contributed by atoms with E-state index in [9.17, 15) is 4.79 Å². The van der Waals surface area contributed by atoms with Crippen molar-refractivity contribution in [3.8, 4) is 5.75 Å². The van der Waals surface area contributed by atoms with Crippen molar-refractivity contribution in [3.63, 3.8) is 0 Å². The number of allylic oxidation sites excluding steroid dienone is 1. The lowest BCUT2D eigenvalue weighted by Crippen LogP contribution is -2.34. The number of fused-ring (bicyclic) bond motifs is 1. The number of benzene rings is 2. The SMILES string of the molecule is C=CN(C)c1ccc(C)c(CCN2CCC(c3cccc4nc(C)ccc34)CC2)c1OCC=CC(C)C=O.CNC.Cl.NCl. The molecule has 1 unspecified atom stereocenters. The lowest BCUT2D eigenvalue weighted by Gasteiger charge is -2.33. The van der Waals surface area contributed by atoms with E-state index < -0.39 is 0 Å². The average molecular weight is 645 g/mol. The number of carbonyl (C=O) groups excluding carboxylic acids is 1. The highest BCUT2D eigenvalue weighted by molar-refractivity contribution is 6.11. The van der Waals surface area contributed by atoms with Crippen LogP contribution in [-0.2, 0) is 11.2 Å². The maximum absolute atomic E-state index is 10.9. The van der Waals surface area contributed by atoms with Gasteiger partial charge in [0.15, 0.2) is 0 Å². The Morgan fingerprint density at radius 2 is 1.84 bits per heavy atom. The third-order valence-electron chi connectivity index (χ3n) is 7.72. The van der Waals surface area contributed by atoms with Gasteiger partial charge in [0.25, 0.3) is 0 Å². The zero-order valence-corrected chi connectivity index (χ0v) is 28.8. The molecule has 0 radical (unpaired) electrons. The fourth-order valence-corrected chi connectivity index (χ4v) is 5.38. The van der Waals surface area contributed by atoms with Crippen LogP contribution in [0.25, 0.3) is 10.9 Å². The number of aldehydes is 1. The summed E-state index contributed by atoms with van der Waals surface area (Å²) in [4.78, 5) is 20.3. The molecule has 0 amide bonds. The number of carbonyl (C=O) groups is 1. The number of nitrogens with one attached hydrogen (secondary N) is 1. The van der Waals surface area contributed by atoms with Crippen molar-refractivity contribution in [2.45, 2.75) is 46.0 Å². The van der Waals surface area contributed by atoms with E-state index in [0.717, 1.165) is 67.8 Å². The molecule has 2 aromatic carbocycles. The molecular formula is C35H51Cl2N5O2. The molecule has 1 saturated heterocycles. The quantitative estimate of drug-likeness (QED) is 0.132. The van der Waals surface area contributed by atoms with E-state index in [-0.39, 0.29) is 18.3 Å². The van der Waals surface area contributed by atoms with Gasteiger partial charge in [0.2, 0.25) is 0 Å². The van der Waals surface area contributed by atoms with Crippen molar-refractivity contribution in [2.75, 3.05) is 52.3 Å². The summed E-state index contributed by atoms with van der Waals surface area (Å²) in [7, 11) is 5.74. The number of nitrogens with two attached hydrogens (primary N) is 1. The molecule has 1 atom stereocenters. The van der Waals surface area contributed by atoms with Gasteiger partial charge in [0.05, 0.1) is 11.2 Å². The Hall–Kier alpha value is -2.94. The van der Waals surface area contributed by atoms with Gasteiger partial charge in [-0.05, 0) is 114 Å². The van der Waals surface area contributed by atoms with Crippen LogP contribution in [0.1, 0.15) is 48.1 Å². The number of piperidine rings is 1. The number of nitrogens with zero attached hydrogens (tertiary/aromatic N) is 3. The summed E-state index contributed by atoms with van der Waals surface area (Å²) in [5, 5.41) is 8.02. The molecule has 1 fully saturated rings. The Bertz CT molecular complexity index is 1330. The number of aromatic nitrogens is 1. The molecule has 7 nitrogen and oxygen atoms in total. The fraction of sp³-hybridized carbons (Fsp3) is 0.429. The topological polar surface area (TPSA) is 83.7 Å². The molecule has 242 valence electrons. The summed E-state index contributed by atoms with van der Waals surface area (Å²) in [6.07, 6.45) is 9.81. The van der Waals surface area contributed by atoms with Gasteiger partial charge in [-0.1, -0.05) is 49.9 Å². The molecule has 1 aliphatic heterocycles. The average Bonchev–Trinajstić information content (AvgIpc) is 3.03. The molecular weight excluding hydrogens is 593 g/mol. The van der Waals surface area contributed by atoms with Crippen molar-refractivity contribution in [1.29, 1.82) is 0 Å². The predicted octanol–water partition coefficient (Wildman–Crippen LogP) is 6.98. The Kier molecular flexibility index (Phi) is 18.6. The third kappa shape index (κ3) is 11.2. The zero-order valence-electron chi connectivity index (χ0n) is 27.2. The van der Waals surface area contributed by atoms with Gasteiger partial charge < -0.3 is 24.6 Å². The molecule has 9 heteroatoms. The summed E-state index contributed by atoms with van der Waals surface area (Å²) in [5.74, 6) is 1.37. The minimum absolute atomic E-state index is 0. The van der Waals surface area contributed by atoms with Crippen LogP contribution in [0, 0.1) is 19.8 Å². The number of pyridine rings is 1. The van der Waals surface area contributed by atoms with Gasteiger partial charge >= 0.3 is 0 Å². The van der Waals surface area contributed by atoms with Crippen LogP contribution in [0.3, 0.4) is 0 Å². The molecule has 0 spiro atoms. The molecule has 2 heterocycles. The van der Waals surface area contributed by atoms with Crippen molar-refractivity contribution in [2.24, 2.45) is 11.2 Å². The normalized spacial score (nSPS) is 14.0. The van der Waals surface area contributed by atoms with Crippen LogP contribution in [0.5, 0.6) is 5.75 Å². The number of anilines is 1. The van der Waals surface area contributed by atoms with Crippen molar-refractivity contribution in [1.82, 2.24) is 15.2 Å². The number of halogens is 2. The molecule has 1 aliphatic rings. The number of hydrogen-bond acceptors (Lipinski definition) is 7. The van der Waals surface area contributed by atoms with Gasteiger partial charge in [-0.15, -0.1) is 12.4 Å². The first-order valence-electron chi connectivity index (χ1n) is 14.9. The van der Waals surface area contributed by atoms with E-state index in [1.54, 1.807) is 6.20 Å². The monoisotopic (exact) mass is 643 g/mol. The largest absolute Gasteiger partial charge is 0.487 e. The highest BCUT2D eigenvalue weighted by Crippen LogP contribution is 2.36. The Balaban J connectivity index is 0.00000152. The van der Waals surface area contributed by atoms with E-state index in [2.05, 4.69) is 90.1 Å². The standard InChI is InChI=1S/C33H41N3O2.C2H7N.ClH2N.ClH/c1-6-35(5)32-15-12-25(3)28(33(32)38-22-8-9-24(2)23-37)18-21-36-19-16-27(17-20-36)29-10-7-11-31-30(29)14-13-26(4)34-31;1-3-2;1-2;/h6-15,23-24,27H,1,16-22H2,2-5H3;3H,1-2H3;2H2;1H. The van der Waals surface area contributed by atoms with Crippen molar-refractivity contribution in [3.05, 3.63) is 89.8 Å². The summed E-state index contributed by atoms with van der Waals surface area (Å²) >= 11 is 4.14. The van der Waals surface area contributed by atoms with Crippen molar-refractivity contribution >= 4 is 47.1 Å². The van der Waals surface area contributed by atoms with Crippen LogP contribution in [0.2, 0.25) is 0 Å². The van der Waals surface area contributed by atoms with E-state index in [1.165, 1.54) is 22.1 Å². The van der Waals surface area contributed by atoms with Crippen LogP contribution >= 0.6 is 24.2 Å². The summed E-state index contributed by atoms with van der Waals surface area (Å²) in [6.45, 7) is 13.6. The second-order valence-electron chi connectivity index (χ2n) is 11.0. The second kappa shape index (κ2) is 20.9. The van der Waals surface area contributed by atoms with Gasteiger partial charge in [-0.3, -0.25) is 4.98 Å². The van der Waals surface area contributed by atoms with E-state index >= 15 is 0 Å². The first-order valence-corrected chi connectivity index (χ1v) is 15.4. The van der Waals surface area contributed by atoms with E-state index in [4.69, 9.17) is 9.72 Å². The number of likely N-dealkylation sites (tertiary alicyclic amines) is 1. The molecule has 44 heavy (non-hydrogen) atoms. The molecule has 3 aromatic rings. The van der Waals surface area contributed by atoms with Crippen LogP contribution in [0.15, 0.2) is 67.4 Å². The van der Waals surface area contributed by atoms with Crippen LogP contribution in [-0.4, -0.2) is 63.6 Å². The zero-order chi connectivity index (χ0) is 31.8. The van der Waals surface area contributed by atoms with E-state index in [0.29, 0.717) is 12.5 Å². The van der Waals surface area contributed by atoms with E-state index in [1.807, 2.05) is 45.1 Å². The third-order valence-corrected chi connectivity index (χ3v) is 7.72. The lowest BCUT2D eigenvalue weighted by molar-refractivity contribution is -0.109. The number of aryl methyl sites for hydroxylation is 2. The molecule has 4 rings (SSSR count). The summed E-state index contributed by atoms with van der Waals surface area (Å²) < 4.78 is 6.31. The maximum Gasteiger partial charge on any atom is 0.146 e. The van der Waals surface area contributed by atoms with Crippen molar-refractivity contribution < 1.29 is 9.53 Å². The Morgan fingerprint density at radius 3 is 2.48 bits per heavy atom. The van der Waals surface area contributed by atoms with Gasteiger partial charge in [-0.25, -0.2) is 5.25 Å². The minimum atomic E-state index is -0.108. The lowest BCUT2D eigenvalue weighted by atomic mass is 9.87. The predicted molar refractivity (Wildman–Crippen MR) is 191 cm³/mol. The van der Waals surface area contributed by atoms with Crippen LogP contribution < -0.4 is 20.2 Å². The molecule has 0 saturated carbocycles. The summed E-state index contributed by atoms with van der Waals surface area (Å²) in [5.41, 5.74) is 7.10. The number of rotatable bonds is 11. The molecule has 3 N–H and O–H groups in total. The van der Waals surface area contributed by atoms with Gasteiger partial charge in [0.1, 0.15) is 18.6 Å². The fourth-order valence-electron chi connectivity index (χ4n) is 5.38. The number of ether oxygens (including phenoxy) is 1. The van der Waals surface area contributed by atoms with Gasteiger partial charge in [0, 0.05) is 36.2 Å². The van der Waals surface area contributed by atoms with Crippen LogP contribution in [0.4, 0.5) is 5.69 Å². The highest BCUT2D eigenvalue weighted by atomic mass is 35.5. The first kappa shape index (κ1) is 39.1. The highest BCUT2D eigenvalue weighted by Gasteiger charge is 2.23. The summed E-state index contributed by atoms with van der Waals surface area (Å²) in [6, 6.07) is 15.2. The molecule has 0 bridgehead atoms.